The summed E-state index contributed by atoms with van der Waals surface area (Å²) in [5, 5.41) is 0.665. The fourth-order valence-electron chi connectivity index (χ4n) is 8.37. The lowest BCUT2D eigenvalue weighted by Crippen LogP contribution is -2.49. The van der Waals surface area contributed by atoms with Gasteiger partial charge in [0.15, 0.2) is 0 Å². The summed E-state index contributed by atoms with van der Waals surface area (Å²) in [5.41, 5.74) is 4.12. The fraction of sp³-hybridized carbons (Fsp3) is 0.658. The van der Waals surface area contributed by atoms with Crippen LogP contribution in [0.1, 0.15) is 86.7 Å². The molecule has 258 valence electrons. The minimum Gasteiger partial charge on any atom is -0.491 e. The van der Waals surface area contributed by atoms with E-state index in [1.165, 1.54) is 36.9 Å². The molecule has 3 aliphatic heterocycles. The van der Waals surface area contributed by atoms with Gasteiger partial charge in [-0.2, -0.15) is 0 Å². The highest BCUT2D eigenvalue weighted by atomic mass is 35.5. The van der Waals surface area contributed by atoms with Crippen LogP contribution in [-0.4, -0.2) is 84.6 Å². The number of likely N-dealkylation sites (N-methyl/N-ethyl adjacent to an activating group) is 1. The Morgan fingerprint density at radius 1 is 1.00 bits per heavy atom. The molecule has 0 aromatic heterocycles. The van der Waals surface area contributed by atoms with E-state index in [-0.39, 0.29) is 23.0 Å². The number of amides is 1. The maximum Gasteiger partial charge on any atom is 0.263 e. The zero-order chi connectivity index (χ0) is 33.1. The second-order valence-corrected chi connectivity index (χ2v) is 16.9. The minimum absolute atomic E-state index is 0.113. The van der Waals surface area contributed by atoms with E-state index in [0.29, 0.717) is 29.9 Å². The molecule has 2 bridgehead atoms. The highest BCUT2D eigenvalue weighted by molar-refractivity contribution is 7.84. The van der Waals surface area contributed by atoms with Gasteiger partial charge in [-0.25, -0.2) is 4.21 Å². The molecule has 47 heavy (non-hydrogen) atoms. The Bertz CT molecular complexity index is 1420. The third kappa shape index (κ3) is 8.20. The summed E-state index contributed by atoms with van der Waals surface area (Å²) in [4.78, 5) is 21.1. The van der Waals surface area contributed by atoms with E-state index >= 15 is 0 Å². The molecule has 1 amide bonds. The Kier molecular flexibility index (Phi) is 11.5. The summed E-state index contributed by atoms with van der Waals surface area (Å²) >= 11 is 6.48. The van der Waals surface area contributed by atoms with Crippen LogP contribution in [0.25, 0.3) is 0 Å². The first-order chi connectivity index (χ1) is 22.7. The number of halogens is 1. The van der Waals surface area contributed by atoms with Crippen LogP contribution in [0, 0.1) is 23.7 Å². The summed E-state index contributed by atoms with van der Waals surface area (Å²) in [7, 11) is 0.776. The molecule has 2 aromatic carbocycles. The van der Waals surface area contributed by atoms with Gasteiger partial charge in [0.2, 0.25) is 0 Å². The standard InChI is InChI=1S/C38H55ClN4O3S/c1-5-7-28-20-33(39)12-14-34(28)32-24-43-23-31-10-13-35(31)30(22-42-18-16-41(4)17-19-42)9-6-8-26(2)27(3)47(45)40-38(44)29-11-15-37(46-25-32)36(43)21-29/h11-12,14-15,20-21,26-27,30-32,35H,5-10,13,16-19,22-25H2,1-4H3,(H,40,44). The highest BCUT2D eigenvalue weighted by Gasteiger charge is 2.40. The van der Waals surface area contributed by atoms with Crippen molar-refractivity contribution in [1.29, 1.82) is 0 Å². The number of ether oxygens (including phenoxy) is 1. The number of carbonyl (C=O) groups is 1. The van der Waals surface area contributed by atoms with E-state index in [1.54, 1.807) is 0 Å². The summed E-state index contributed by atoms with van der Waals surface area (Å²) in [5.74, 6) is 2.94. The monoisotopic (exact) mass is 682 g/mol. The Labute approximate surface area is 290 Å². The number of piperazine rings is 1. The van der Waals surface area contributed by atoms with Gasteiger partial charge in [0.25, 0.3) is 5.91 Å². The van der Waals surface area contributed by atoms with Gasteiger partial charge in [0.1, 0.15) is 16.7 Å². The Balaban J connectivity index is 1.33. The number of aryl methyl sites for hydroxylation is 1. The third-order valence-electron chi connectivity index (χ3n) is 11.7. The van der Waals surface area contributed by atoms with Crippen molar-refractivity contribution in [3.63, 3.8) is 0 Å². The Morgan fingerprint density at radius 2 is 1.81 bits per heavy atom. The van der Waals surface area contributed by atoms with Gasteiger partial charge < -0.3 is 19.4 Å². The Hall–Kier alpha value is -2.13. The minimum atomic E-state index is -1.46. The smallest absolute Gasteiger partial charge is 0.263 e. The maximum atomic E-state index is 13.5. The van der Waals surface area contributed by atoms with E-state index in [4.69, 9.17) is 16.3 Å². The fourth-order valence-corrected chi connectivity index (χ4v) is 9.61. The second-order valence-electron chi connectivity index (χ2n) is 14.9. The SMILES string of the molecule is CCCc1cc(Cl)ccc1C1COc2ccc3cc2N(C1)CC1CCC1C(CN1CCN(C)CC1)CCCC(C)C(C)S(=O)NC3=O. The number of nitrogens with zero attached hydrogens (tertiary/aromatic N) is 3. The predicted octanol–water partition coefficient (Wildman–Crippen LogP) is 6.77. The number of benzene rings is 2. The zero-order valence-corrected chi connectivity index (χ0v) is 30.5. The van der Waals surface area contributed by atoms with Crippen molar-refractivity contribution in [1.82, 2.24) is 14.5 Å². The molecule has 1 saturated carbocycles. The number of hydrogen-bond donors (Lipinski definition) is 1. The van der Waals surface area contributed by atoms with Crippen LogP contribution in [0.4, 0.5) is 5.69 Å². The summed E-state index contributed by atoms with van der Waals surface area (Å²) in [6, 6.07) is 12.1. The predicted molar refractivity (Wildman–Crippen MR) is 194 cm³/mol. The second kappa shape index (κ2) is 15.6. The van der Waals surface area contributed by atoms with Gasteiger partial charge in [0, 0.05) is 62.3 Å². The van der Waals surface area contributed by atoms with Gasteiger partial charge in [-0.05, 0) is 111 Å². The van der Waals surface area contributed by atoms with Crippen molar-refractivity contribution in [2.24, 2.45) is 23.7 Å². The van der Waals surface area contributed by atoms with E-state index < -0.39 is 11.0 Å². The van der Waals surface area contributed by atoms with Crippen LogP contribution in [0.3, 0.4) is 0 Å². The number of nitrogens with one attached hydrogen (secondary N) is 1. The van der Waals surface area contributed by atoms with Crippen molar-refractivity contribution in [3.05, 3.63) is 58.1 Å². The van der Waals surface area contributed by atoms with Crippen LogP contribution in [0.2, 0.25) is 5.02 Å². The highest BCUT2D eigenvalue weighted by Crippen LogP contribution is 2.45. The van der Waals surface area contributed by atoms with Crippen LogP contribution in [-0.2, 0) is 17.4 Å². The molecule has 3 heterocycles. The van der Waals surface area contributed by atoms with Crippen LogP contribution in [0.15, 0.2) is 36.4 Å². The lowest BCUT2D eigenvalue weighted by atomic mass is 9.65. The van der Waals surface area contributed by atoms with E-state index in [9.17, 15) is 9.00 Å². The van der Waals surface area contributed by atoms with Crippen molar-refractivity contribution in [2.75, 3.05) is 64.4 Å². The van der Waals surface area contributed by atoms with E-state index in [1.807, 2.05) is 31.2 Å². The van der Waals surface area contributed by atoms with E-state index in [2.05, 4.69) is 52.4 Å². The Morgan fingerprint density at radius 3 is 2.55 bits per heavy atom. The van der Waals surface area contributed by atoms with Gasteiger partial charge in [0.05, 0.1) is 17.5 Å². The summed E-state index contributed by atoms with van der Waals surface area (Å²) in [6.07, 6.45) is 7.95. The van der Waals surface area contributed by atoms with Crippen molar-refractivity contribution >= 4 is 34.2 Å². The van der Waals surface area contributed by atoms with Gasteiger partial charge >= 0.3 is 0 Å². The molecule has 2 aromatic rings. The first-order valence-electron chi connectivity index (χ1n) is 18.1. The molecule has 7 nitrogen and oxygen atoms in total. The largest absolute Gasteiger partial charge is 0.491 e. The molecular formula is C38H55ClN4O3S. The van der Waals surface area contributed by atoms with Crippen LogP contribution in [0.5, 0.6) is 5.75 Å². The molecular weight excluding hydrogens is 628 g/mol. The molecule has 1 saturated heterocycles. The third-order valence-corrected chi connectivity index (χ3v) is 13.5. The van der Waals surface area contributed by atoms with E-state index in [0.717, 1.165) is 81.4 Å². The van der Waals surface area contributed by atoms with Crippen molar-refractivity contribution in [2.45, 2.75) is 76.9 Å². The molecule has 0 radical (unpaired) electrons. The van der Waals surface area contributed by atoms with Crippen LogP contribution >= 0.6 is 11.6 Å². The molecule has 7 unspecified atom stereocenters. The molecule has 1 aliphatic carbocycles. The number of hydrogen-bond acceptors (Lipinski definition) is 6. The average Bonchev–Trinajstić information content (AvgIpc) is 3.22. The number of rotatable bonds is 5. The van der Waals surface area contributed by atoms with Gasteiger partial charge in [-0.1, -0.05) is 44.4 Å². The zero-order valence-electron chi connectivity index (χ0n) is 28.9. The summed E-state index contributed by atoms with van der Waals surface area (Å²) in [6.45, 7) is 14.6. The van der Waals surface area contributed by atoms with Crippen molar-refractivity contribution in [3.8, 4) is 5.75 Å². The number of carbonyl (C=O) groups excluding carboxylic acids is 1. The normalized spacial score (nSPS) is 31.2. The summed E-state index contributed by atoms with van der Waals surface area (Å²) < 4.78 is 22.8. The molecule has 1 N–H and O–H groups in total. The number of anilines is 1. The molecule has 7 atom stereocenters. The molecule has 9 heteroatoms. The quantitative estimate of drug-likeness (QED) is 0.376. The molecule has 4 aliphatic rings. The lowest BCUT2D eigenvalue weighted by molar-refractivity contribution is 0.0541. The van der Waals surface area contributed by atoms with Gasteiger partial charge in [-0.15, -0.1) is 0 Å². The molecule has 0 spiro atoms. The average molecular weight is 683 g/mol. The lowest BCUT2D eigenvalue weighted by Gasteiger charge is -2.47. The first-order valence-corrected chi connectivity index (χ1v) is 19.7. The number of fused-ring (bicyclic) bond motifs is 2. The van der Waals surface area contributed by atoms with Crippen molar-refractivity contribution < 1.29 is 13.7 Å². The van der Waals surface area contributed by atoms with Gasteiger partial charge in [-0.3, -0.25) is 9.52 Å². The first kappa shape index (κ1) is 34.7. The topological polar surface area (TPSA) is 65.1 Å². The molecule has 2 fully saturated rings. The maximum absolute atomic E-state index is 13.5. The van der Waals surface area contributed by atoms with Crippen LogP contribution < -0.4 is 14.4 Å². The molecule has 6 rings (SSSR count).